The molecule has 3 saturated heterocycles. The van der Waals surface area contributed by atoms with Gasteiger partial charge in [0.05, 0.1) is 43.0 Å². The van der Waals surface area contributed by atoms with Crippen molar-refractivity contribution in [2.24, 2.45) is 23.5 Å². The summed E-state index contributed by atoms with van der Waals surface area (Å²) in [5.41, 5.74) is 6.66. The monoisotopic (exact) mass is 451 g/mol. The van der Waals surface area contributed by atoms with Gasteiger partial charge >= 0.3 is 0 Å². The van der Waals surface area contributed by atoms with Crippen LogP contribution in [0.2, 0.25) is 0 Å². The zero-order valence-corrected chi connectivity index (χ0v) is 19.6. The Hall–Kier alpha value is -1.26. The fourth-order valence-electron chi connectivity index (χ4n) is 6.11. The van der Waals surface area contributed by atoms with E-state index >= 15 is 0 Å². The van der Waals surface area contributed by atoms with Crippen LogP contribution in [-0.2, 0) is 19.1 Å². The van der Waals surface area contributed by atoms with Crippen molar-refractivity contribution in [3.63, 3.8) is 0 Å². The molecule has 4 rings (SSSR count). The molecule has 182 valence electrons. The first-order chi connectivity index (χ1) is 15.5. The zero-order valence-electron chi connectivity index (χ0n) is 19.6. The molecule has 0 spiro atoms. The predicted octanol–water partition coefficient (Wildman–Crippen LogP) is 0.445. The van der Waals surface area contributed by atoms with Gasteiger partial charge in [-0.2, -0.15) is 0 Å². The number of piperidine rings is 2. The maximum atomic E-state index is 13.4. The summed E-state index contributed by atoms with van der Waals surface area (Å²) in [5.74, 6) is -0.0386. The maximum Gasteiger partial charge on any atom is 0.229 e. The number of amides is 2. The molecule has 0 aromatic carbocycles. The molecule has 0 aromatic rings. The number of nitrogens with two attached hydrogens (primary N) is 1. The largest absolute Gasteiger partial charge is 0.383 e. The Balaban J connectivity index is 1.42. The molecule has 9 nitrogen and oxygen atoms in total. The van der Waals surface area contributed by atoms with Crippen molar-refractivity contribution in [1.29, 1.82) is 0 Å². The second-order valence-electron chi connectivity index (χ2n) is 9.95. The minimum atomic E-state index is -0.439. The van der Waals surface area contributed by atoms with Crippen molar-refractivity contribution in [3.8, 4) is 0 Å². The van der Waals surface area contributed by atoms with E-state index in [0.717, 1.165) is 51.5 Å². The van der Waals surface area contributed by atoms with Gasteiger partial charge in [-0.25, -0.2) is 0 Å². The minimum absolute atomic E-state index is 0.0270. The number of hydrogen-bond donors (Lipinski definition) is 3. The minimum Gasteiger partial charge on any atom is -0.383 e. The molecular formula is C23H41N5O4. The topological polar surface area (TPSA) is 109 Å². The van der Waals surface area contributed by atoms with Crippen molar-refractivity contribution in [2.75, 3.05) is 40.5 Å². The molecule has 1 saturated carbocycles. The molecule has 5 unspecified atom stereocenters. The quantitative estimate of drug-likeness (QED) is 0.515. The van der Waals surface area contributed by atoms with Gasteiger partial charge in [0.25, 0.3) is 0 Å². The summed E-state index contributed by atoms with van der Waals surface area (Å²) >= 11 is 0. The van der Waals surface area contributed by atoms with E-state index < -0.39 is 12.1 Å². The van der Waals surface area contributed by atoms with Gasteiger partial charge in [-0.15, -0.1) is 0 Å². The summed E-state index contributed by atoms with van der Waals surface area (Å²) in [7, 11) is 3.44. The highest BCUT2D eigenvalue weighted by molar-refractivity contribution is 5.84. The molecule has 3 aliphatic heterocycles. The smallest absolute Gasteiger partial charge is 0.229 e. The standard InChI is InChI=1S/C23H41N5O4/c1-31-12-11-28-20(24)17(22(29)25-14-15-6-8-16(32-2)9-7-15)13-18-21(28)26-19-5-3-4-10-27(19)23(18)30/h15-21,26H,3-14,24H2,1-2H3,(H,25,29). The first-order valence-electron chi connectivity index (χ1n) is 12.4. The third-order valence-electron chi connectivity index (χ3n) is 8.09. The zero-order chi connectivity index (χ0) is 22.7. The molecule has 9 heteroatoms. The van der Waals surface area contributed by atoms with Crippen LogP contribution >= 0.6 is 0 Å². The summed E-state index contributed by atoms with van der Waals surface area (Å²) in [6.45, 7) is 2.57. The van der Waals surface area contributed by atoms with Crippen molar-refractivity contribution >= 4 is 11.8 Å². The fraction of sp³-hybridized carbons (Fsp3) is 0.913. The van der Waals surface area contributed by atoms with E-state index in [1.807, 2.05) is 4.90 Å². The SMILES string of the molecule is COCCN1C(N)C(C(=O)NCC2CCC(OC)CC2)CC2C(=O)N3CCCCC3NC21. The summed E-state index contributed by atoms with van der Waals surface area (Å²) in [6, 6.07) is 0. The van der Waals surface area contributed by atoms with Crippen molar-refractivity contribution in [3.05, 3.63) is 0 Å². The summed E-state index contributed by atoms with van der Waals surface area (Å²) in [6.07, 6.45) is 7.71. The number of fused-ring (bicyclic) bond motifs is 2. The second kappa shape index (κ2) is 10.8. The molecule has 4 N–H and O–H groups in total. The van der Waals surface area contributed by atoms with Crippen LogP contribution in [0.15, 0.2) is 0 Å². The number of nitrogens with one attached hydrogen (secondary N) is 2. The van der Waals surface area contributed by atoms with Gasteiger partial charge in [0.1, 0.15) is 0 Å². The lowest BCUT2D eigenvalue weighted by Crippen LogP contribution is -2.74. The van der Waals surface area contributed by atoms with Gasteiger partial charge in [-0.1, -0.05) is 0 Å². The van der Waals surface area contributed by atoms with E-state index in [1.165, 1.54) is 0 Å². The first-order valence-corrected chi connectivity index (χ1v) is 12.4. The van der Waals surface area contributed by atoms with Gasteiger partial charge in [0.2, 0.25) is 11.8 Å². The lowest BCUT2D eigenvalue weighted by Gasteiger charge is -2.55. The van der Waals surface area contributed by atoms with E-state index in [-0.39, 0.29) is 30.1 Å². The van der Waals surface area contributed by atoms with Crippen molar-refractivity contribution in [2.45, 2.75) is 76.0 Å². The number of ether oxygens (including phenoxy) is 2. The highest BCUT2D eigenvalue weighted by Gasteiger charge is 2.52. The number of likely N-dealkylation sites (tertiary alicyclic amines) is 1. The number of hydrogen-bond acceptors (Lipinski definition) is 7. The van der Waals surface area contributed by atoms with Crippen LogP contribution in [-0.4, -0.2) is 86.7 Å². The van der Waals surface area contributed by atoms with Crippen molar-refractivity contribution < 1.29 is 19.1 Å². The summed E-state index contributed by atoms with van der Waals surface area (Å²) in [5, 5.41) is 6.85. The van der Waals surface area contributed by atoms with Gasteiger partial charge < -0.3 is 25.4 Å². The fourth-order valence-corrected chi connectivity index (χ4v) is 6.11. The van der Waals surface area contributed by atoms with E-state index in [1.54, 1.807) is 14.2 Å². The second-order valence-corrected chi connectivity index (χ2v) is 9.95. The molecule has 3 heterocycles. The molecule has 0 aromatic heterocycles. The van der Waals surface area contributed by atoms with Crippen LogP contribution in [0.5, 0.6) is 0 Å². The van der Waals surface area contributed by atoms with Gasteiger partial charge in [0, 0.05) is 33.9 Å². The number of methoxy groups -OCH3 is 2. The van der Waals surface area contributed by atoms with E-state index in [9.17, 15) is 9.59 Å². The number of nitrogens with zero attached hydrogens (tertiary/aromatic N) is 2. The Morgan fingerprint density at radius 2 is 1.97 bits per heavy atom. The molecule has 0 bridgehead atoms. The molecule has 1 aliphatic carbocycles. The van der Waals surface area contributed by atoms with Gasteiger partial charge in [0.15, 0.2) is 0 Å². The highest BCUT2D eigenvalue weighted by atomic mass is 16.5. The van der Waals surface area contributed by atoms with E-state index in [2.05, 4.69) is 15.5 Å². The molecule has 5 atom stereocenters. The lowest BCUT2D eigenvalue weighted by molar-refractivity contribution is -0.163. The molecule has 4 aliphatic rings. The van der Waals surface area contributed by atoms with Gasteiger partial charge in [-0.05, 0) is 57.3 Å². The maximum absolute atomic E-state index is 13.4. The molecule has 4 fully saturated rings. The Kier molecular flexibility index (Phi) is 8.04. The number of carbonyl (C=O) groups is 2. The van der Waals surface area contributed by atoms with E-state index in [4.69, 9.17) is 15.2 Å². The predicted molar refractivity (Wildman–Crippen MR) is 120 cm³/mol. The molecule has 0 radical (unpaired) electrons. The molecule has 2 amide bonds. The van der Waals surface area contributed by atoms with Crippen LogP contribution in [0.3, 0.4) is 0 Å². The number of carbonyl (C=O) groups excluding carboxylic acids is 2. The Morgan fingerprint density at radius 1 is 1.19 bits per heavy atom. The van der Waals surface area contributed by atoms with Gasteiger partial charge in [-0.3, -0.25) is 19.8 Å². The van der Waals surface area contributed by atoms with Crippen LogP contribution < -0.4 is 16.4 Å². The van der Waals surface area contributed by atoms with Crippen LogP contribution in [0.25, 0.3) is 0 Å². The van der Waals surface area contributed by atoms with Crippen LogP contribution in [0.1, 0.15) is 51.4 Å². The third kappa shape index (κ3) is 4.97. The van der Waals surface area contributed by atoms with Crippen molar-refractivity contribution in [1.82, 2.24) is 20.4 Å². The first kappa shape index (κ1) is 23.9. The summed E-state index contributed by atoms with van der Waals surface area (Å²) in [4.78, 5) is 30.7. The molecular weight excluding hydrogens is 410 g/mol. The average Bonchev–Trinajstić information content (AvgIpc) is 2.82. The average molecular weight is 452 g/mol. The van der Waals surface area contributed by atoms with Crippen LogP contribution in [0, 0.1) is 17.8 Å². The number of rotatable bonds is 7. The van der Waals surface area contributed by atoms with Crippen LogP contribution in [0.4, 0.5) is 0 Å². The Morgan fingerprint density at radius 3 is 2.69 bits per heavy atom. The molecule has 32 heavy (non-hydrogen) atoms. The third-order valence-corrected chi connectivity index (χ3v) is 8.09. The highest BCUT2D eigenvalue weighted by Crippen LogP contribution is 2.36. The Labute approximate surface area is 191 Å². The lowest BCUT2D eigenvalue weighted by atomic mass is 9.80. The normalized spacial score (nSPS) is 38.2. The Bertz CT molecular complexity index is 656. The van der Waals surface area contributed by atoms with E-state index in [0.29, 0.717) is 38.1 Å². The summed E-state index contributed by atoms with van der Waals surface area (Å²) < 4.78 is 10.8.